The Morgan fingerprint density at radius 2 is 2.00 bits per heavy atom. The van der Waals surface area contributed by atoms with Gasteiger partial charge in [-0.3, -0.25) is 4.79 Å². The average Bonchev–Trinajstić information content (AvgIpc) is 2.38. The molecule has 2 saturated heterocycles. The zero-order chi connectivity index (χ0) is 12.1. The second kappa shape index (κ2) is 6.39. The van der Waals surface area contributed by atoms with Crippen LogP contribution in [0.2, 0.25) is 0 Å². The second-order valence-electron chi connectivity index (χ2n) is 5.59. The lowest BCUT2D eigenvalue weighted by molar-refractivity contribution is -0.132. The van der Waals surface area contributed by atoms with Crippen LogP contribution < -0.4 is 5.32 Å². The molecule has 0 aromatic carbocycles. The predicted molar refractivity (Wildman–Crippen MR) is 69.9 cm³/mol. The summed E-state index contributed by atoms with van der Waals surface area (Å²) in [6.45, 7) is 3.89. The molecule has 2 rings (SSSR count). The van der Waals surface area contributed by atoms with Gasteiger partial charge < -0.3 is 10.2 Å². The Balaban J connectivity index is 1.77. The molecular weight excluding hydrogens is 212 g/mol. The van der Waals surface area contributed by atoms with Crippen molar-refractivity contribution in [2.75, 3.05) is 13.1 Å². The number of carbonyl (C=O) groups excluding carboxylic acids is 1. The Morgan fingerprint density at radius 3 is 2.71 bits per heavy atom. The van der Waals surface area contributed by atoms with E-state index in [0.29, 0.717) is 12.1 Å². The third kappa shape index (κ3) is 3.70. The lowest BCUT2D eigenvalue weighted by atomic mass is 9.93. The Morgan fingerprint density at radius 1 is 1.18 bits per heavy atom. The first-order valence-electron chi connectivity index (χ1n) is 7.28. The van der Waals surface area contributed by atoms with Crippen LogP contribution in [0.25, 0.3) is 0 Å². The fraction of sp³-hybridized carbons (Fsp3) is 0.929. The maximum atomic E-state index is 11.6. The second-order valence-corrected chi connectivity index (χ2v) is 5.59. The van der Waals surface area contributed by atoms with Crippen LogP contribution in [0.1, 0.15) is 58.3 Å². The number of hydrogen-bond acceptors (Lipinski definition) is 2. The Labute approximate surface area is 105 Å². The molecule has 0 aromatic heterocycles. The van der Waals surface area contributed by atoms with Gasteiger partial charge in [-0.25, -0.2) is 0 Å². The van der Waals surface area contributed by atoms with E-state index in [4.69, 9.17) is 0 Å². The van der Waals surface area contributed by atoms with Gasteiger partial charge >= 0.3 is 0 Å². The van der Waals surface area contributed by atoms with Crippen LogP contribution >= 0.6 is 0 Å². The first-order chi connectivity index (χ1) is 8.27. The average molecular weight is 238 g/mol. The number of carbonyl (C=O) groups is 1. The number of piperidine rings is 2. The molecule has 2 aliphatic heterocycles. The van der Waals surface area contributed by atoms with Gasteiger partial charge in [-0.15, -0.1) is 0 Å². The van der Waals surface area contributed by atoms with Crippen molar-refractivity contribution in [3.8, 4) is 0 Å². The van der Waals surface area contributed by atoms with E-state index in [-0.39, 0.29) is 5.91 Å². The van der Waals surface area contributed by atoms with Crippen LogP contribution in [0.3, 0.4) is 0 Å². The van der Waals surface area contributed by atoms with Crippen LogP contribution in [0.4, 0.5) is 0 Å². The molecule has 2 heterocycles. The van der Waals surface area contributed by atoms with E-state index in [0.717, 1.165) is 6.54 Å². The maximum Gasteiger partial charge on any atom is 0.219 e. The predicted octanol–water partition coefficient (Wildman–Crippen LogP) is 2.31. The minimum absolute atomic E-state index is 0.270. The SMILES string of the molecule is CC(=O)N1CCCC[C@@H]1CC[C@H]1CCCCN1. The lowest BCUT2D eigenvalue weighted by Gasteiger charge is -2.36. The van der Waals surface area contributed by atoms with Gasteiger partial charge in [0.15, 0.2) is 0 Å². The molecule has 0 unspecified atom stereocenters. The van der Waals surface area contributed by atoms with Crippen LogP contribution in [0.5, 0.6) is 0 Å². The van der Waals surface area contributed by atoms with Crippen molar-refractivity contribution in [1.29, 1.82) is 0 Å². The molecule has 2 aliphatic rings. The zero-order valence-corrected chi connectivity index (χ0v) is 11.1. The summed E-state index contributed by atoms with van der Waals surface area (Å²) >= 11 is 0. The minimum atomic E-state index is 0.270. The molecule has 0 bridgehead atoms. The van der Waals surface area contributed by atoms with Gasteiger partial charge in [0.1, 0.15) is 0 Å². The number of amides is 1. The maximum absolute atomic E-state index is 11.6. The van der Waals surface area contributed by atoms with Crippen LogP contribution in [-0.2, 0) is 4.79 Å². The molecule has 3 nitrogen and oxygen atoms in total. The van der Waals surface area contributed by atoms with E-state index in [1.807, 2.05) is 0 Å². The van der Waals surface area contributed by atoms with Crippen molar-refractivity contribution in [3.63, 3.8) is 0 Å². The molecule has 0 saturated carbocycles. The highest BCUT2D eigenvalue weighted by atomic mass is 16.2. The molecule has 1 amide bonds. The normalized spacial score (nSPS) is 30.3. The van der Waals surface area contributed by atoms with E-state index in [9.17, 15) is 4.79 Å². The molecule has 1 N–H and O–H groups in total. The summed E-state index contributed by atoms with van der Waals surface area (Å²) in [6.07, 6.45) is 10.2. The van der Waals surface area contributed by atoms with Gasteiger partial charge in [0.05, 0.1) is 0 Å². The van der Waals surface area contributed by atoms with Crippen molar-refractivity contribution >= 4 is 5.91 Å². The summed E-state index contributed by atoms with van der Waals surface area (Å²) in [7, 11) is 0. The zero-order valence-electron chi connectivity index (χ0n) is 11.1. The van der Waals surface area contributed by atoms with Crippen molar-refractivity contribution in [1.82, 2.24) is 10.2 Å². The monoisotopic (exact) mass is 238 g/mol. The molecule has 17 heavy (non-hydrogen) atoms. The fourth-order valence-corrected chi connectivity index (χ4v) is 3.28. The van der Waals surface area contributed by atoms with E-state index >= 15 is 0 Å². The highest BCUT2D eigenvalue weighted by Gasteiger charge is 2.25. The third-order valence-electron chi connectivity index (χ3n) is 4.29. The summed E-state index contributed by atoms with van der Waals surface area (Å²) in [5.41, 5.74) is 0. The molecule has 98 valence electrons. The summed E-state index contributed by atoms with van der Waals surface area (Å²) in [5, 5.41) is 3.60. The quantitative estimate of drug-likeness (QED) is 0.818. The first-order valence-corrected chi connectivity index (χ1v) is 7.28. The van der Waals surface area contributed by atoms with Crippen molar-refractivity contribution in [3.05, 3.63) is 0 Å². The highest BCUT2D eigenvalue weighted by Crippen LogP contribution is 2.23. The molecule has 0 spiro atoms. The summed E-state index contributed by atoms with van der Waals surface area (Å²) in [4.78, 5) is 13.7. The van der Waals surface area contributed by atoms with Gasteiger partial charge in [-0.05, 0) is 51.5 Å². The van der Waals surface area contributed by atoms with Gasteiger partial charge in [0, 0.05) is 25.6 Å². The number of nitrogens with zero attached hydrogens (tertiary/aromatic N) is 1. The van der Waals surface area contributed by atoms with E-state index in [2.05, 4.69) is 10.2 Å². The largest absolute Gasteiger partial charge is 0.340 e. The van der Waals surface area contributed by atoms with E-state index in [1.54, 1.807) is 6.92 Å². The number of likely N-dealkylation sites (tertiary alicyclic amines) is 1. The standard InChI is InChI=1S/C14H26N2O/c1-12(17)16-11-5-3-7-14(16)9-8-13-6-2-4-10-15-13/h13-15H,2-11H2,1H3/t13-,14-/m1/s1. The van der Waals surface area contributed by atoms with Gasteiger partial charge in [0.2, 0.25) is 5.91 Å². The summed E-state index contributed by atoms with van der Waals surface area (Å²) in [5.74, 6) is 0.270. The van der Waals surface area contributed by atoms with Crippen molar-refractivity contribution in [2.24, 2.45) is 0 Å². The number of nitrogens with one attached hydrogen (secondary N) is 1. The molecule has 0 aliphatic carbocycles. The van der Waals surface area contributed by atoms with Gasteiger partial charge in [-0.2, -0.15) is 0 Å². The van der Waals surface area contributed by atoms with Crippen LogP contribution in [0, 0.1) is 0 Å². The van der Waals surface area contributed by atoms with Gasteiger partial charge in [-0.1, -0.05) is 6.42 Å². The van der Waals surface area contributed by atoms with E-state index in [1.165, 1.54) is 57.9 Å². The summed E-state index contributed by atoms with van der Waals surface area (Å²) in [6, 6.07) is 1.23. The highest BCUT2D eigenvalue weighted by molar-refractivity contribution is 5.73. The Hall–Kier alpha value is -0.570. The number of hydrogen-bond donors (Lipinski definition) is 1. The smallest absolute Gasteiger partial charge is 0.219 e. The van der Waals surface area contributed by atoms with Gasteiger partial charge in [0.25, 0.3) is 0 Å². The summed E-state index contributed by atoms with van der Waals surface area (Å²) < 4.78 is 0. The molecule has 2 fully saturated rings. The molecule has 2 atom stereocenters. The topological polar surface area (TPSA) is 32.3 Å². The molecule has 0 radical (unpaired) electrons. The van der Waals surface area contributed by atoms with Crippen LogP contribution in [0.15, 0.2) is 0 Å². The molecular formula is C14H26N2O. The molecule has 0 aromatic rings. The van der Waals surface area contributed by atoms with Crippen LogP contribution in [-0.4, -0.2) is 36.0 Å². The minimum Gasteiger partial charge on any atom is -0.340 e. The third-order valence-corrected chi connectivity index (χ3v) is 4.29. The Bertz CT molecular complexity index is 249. The first kappa shape index (κ1) is 12.9. The van der Waals surface area contributed by atoms with Crippen molar-refractivity contribution in [2.45, 2.75) is 70.4 Å². The lowest BCUT2D eigenvalue weighted by Crippen LogP contribution is -2.43. The number of rotatable bonds is 3. The van der Waals surface area contributed by atoms with E-state index < -0.39 is 0 Å². The van der Waals surface area contributed by atoms with Crippen molar-refractivity contribution < 1.29 is 4.79 Å². The Kier molecular flexibility index (Phi) is 4.84. The molecule has 3 heteroatoms. The fourth-order valence-electron chi connectivity index (χ4n) is 3.28.